The second-order valence-corrected chi connectivity index (χ2v) is 3.84. The number of ether oxygens (including phenoxy) is 1. The minimum absolute atomic E-state index is 0.304. The third-order valence-corrected chi connectivity index (χ3v) is 2.74. The van der Waals surface area contributed by atoms with Crippen LogP contribution in [0, 0.1) is 13.8 Å². The molecule has 1 aromatic rings. The van der Waals surface area contributed by atoms with Crippen molar-refractivity contribution in [2.24, 2.45) is 0 Å². The number of aromatic nitrogens is 2. The first-order valence-corrected chi connectivity index (χ1v) is 5.39. The van der Waals surface area contributed by atoms with E-state index in [4.69, 9.17) is 16.3 Å². The number of nitrogens with zero attached hydrogens (tertiary/aromatic N) is 2. The van der Waals surface area contributed by atoms with Gasteiger partial charge in [0.15, 0.2) is 0 Å². The van der Waals surface area contributed by atoms with Gasteiger partial charge in [0.25, 0.3) is 0 Å². The van der Waals surface area contributed by atoms with Crippen LogP contribution in [0.2, 0.25) is 5.02 Å². The largest absolute Gasteiger partial charge is 0.463 e. The molecule has 0 atom stereocenters. The highest BCUT2D eigenvalue weighted by atomic mass is 35.5. The Morgan fingerprint density at radius 3 is 2.62 bits per heavy atom. The van der Waals surface area contributed by atoms with Crippen LogP contribution in [0.4, 0.5) is 0 Å². The lowest BCUT2D eigenvalue weighted by atomic mass is 10.3. The molecular formula is C11H15ClN2O2. The van der Waals surface area contributed by atoms with Crippen molar-refractivity contribution in [1.29, 1.82) is 0 Å². The maximum absolute atomic E-state index is 11.4. The van der Waals surface area contributed by atoms with Crippen molar-refractivity contribution >= 4 is 17.6 Å². The van der Waals surface area contributed by atoms with Crippen LogP contribution < -0.4 is 0 Å². The quantitative estimate of drug-likeness (QED) is 0.601. The van der Waals surface area contributed by atoms with Crippen molar-refractivity contribution < 1.29 is 9.53 Å². The number of hydrogen-bond acceptors (Lipinski definition) is 3. The van der Waals surface area contributed by atoms with Crippen LogP contribution in [-0.2, 0) is 16.1 Å². The highest BCUT2D eigenvalue weighted by Crippen LogP contribution is 2.19. The molecule has 0 unspecified atom stereocenters. The van der Waals surface area contributed by atoms with Gasteiger partial charge in [-0.1, -0.05) is 18.2 Å². The van der Waals surface area contributed by atoms with Gasteiger partial charge < -0.3 is 4.74 Å². The van der Waals surface area contributed by atoms with Crippen molar-refractivity contribution in [2.45, 2.75) is 27.3 Å². The molecule has 0 saturated carbocycles. The number of halogens is 1. The van der Waals surface area contributed by atoms with Crippen molar-refractivity contribution in [1.82, 2.24) is 9.78 Å². The van der Waals surface area contributed by atoms with E-state index in [9.17, 15) is 4.79 Å². The van der Waals surface area contributed by atoms with Crippen molar-refractivity contribution in [3.05, 3.63) is 28.6 Å². The predicted octanol–water partition coefficient (Wildman–Crippen LogP) is 2.27. The summed E-state index contributed by atoms with van der Waals surface area (Å²) >= 11 is 5.99. The topological polar surface area (TPSA) is 44.1 Å². The van der Waals surface area contributed by atoms with Crippen molar-refractivity contribution in [3.8, 4) is 0 Å². The smallest absolute Gasteiger partial charge is 0.335 e. The summed E-state index contributed by atoms with van der Waals surface area (Å²) in [5, 5.41) is 4.83. The number of hydrogen-bond donors (Lipinski definition) is 0. The van der Waals surface area contributed by atoms with Gasteiger partial charge >= 0.3 is 5.97 Å². The fourth-order valence-electron chi connectivity index (χ4n) is 1.31. The summed E-state index contributed by atoms with van der Waals surface area (Å²) in [6.07, 6.45) is 0. The molecule has 5 heteroatoms. The van der Waals surface area contributed by atoms with Crippen LogP contribution in [0.25, 0.3) is 0 Å². The van der Waals surface area contributed by atoms with Crippen molar-refractivity contribution in [2.75, 3.05) is 6.61 Å². The first kappa shape index (κ1) is 12.8. The zero-order valence-electron chi connectivity index (χ0n) is 9.71. The van der Waals surface area contributed by atoms with Gasteiger partial charge in [0.05, 0.1) is 35.1 Å². The maximum atomic E-state index is 11.4. The average Bonchev–Trinajstić information content (AvgIpc) is 2.47. The Morgan fingerprint density at radius 2 is 2.19 bits per heavy atom. The monoisotopic (exact) mass is 242 g/mol. The van der Waals surface area contributed by atoms with E-state index in [1.807, 2.05) is 13.8 Å². The molecule has 0 spiro atoms. The Balaban J connectivity index is 2.77. The normalized spacial score (nSPS) is 10.2. The number of carbonyl (C=O) groups is 1. The molecule has 88 valence electrons. The van der Waals surface area contributed by atoms with E-state index in [1.165, 1.54) is 0 Å². The van der Waals surface area contributed by atoms with Gasteiger partial charge in [-0.25, -0.2) is 4.79 Å². The van der Waals surface area contributed by atoms with E-state index in [-0.39, 0.29) is 0 Å². The average molecular weight is 243 g/mol. The summed E-state index contributed by atoms with van der Waals surface area (Å²) < 4.78 is 6.49. The lowest BCUT2D eigenvalue weighted by Gasteiger charge is -2.06. The fraction of sp³-hybridized carbons (Fsp3) is 0.455. The van der Waals surface area contributed by atoms with E-state index < -0.39 is 5.97 Å². The van der Waals surface area contributed by atoms with Crippen LogP contribution in [0.5, 0.6) is 0 Å². The Labute approximate surface area is 99.8 Å². The minimum Gasteiger partial charge on any atom is -0.463 e. The molecule has 4 nitrogen and oxygen atoms in total. The lowest BCUT2D eigenvalue weighted by molar-refractivity contribution is -0.138. The fourth-order valence-corrected chi connectivity index (χ4v) is 1.44. The SMILES string of the molecule is C=C(Cn1nc(C)c(Cl)c1C)C(=O)OCC. The van der Waals surface area contributed by atoms with Gasteiger partial charge in [-0.15, -0.1) is 0 Å². The van der Waals surface area contributed by atoms with Crippen LogP contribution >= 0.6 is 11.6 Å². The molecule has 1 heterocycles. The van der Waals surface area contributed by atoms with Gasteiger partial charge in [0.1, 0.15) is 0 Å². The summed E-state index contributed by atoms with van der Waals surface area (Å²) in [6, 6.07) is 0. The Morgan fingerprint density at radius 1 is 1.56 bits per heavy atom. The van der Waals surface area contributed by atoms with Gasteiger partial charge in [-0.05, 0) is 20.8 Å². The Hall–Kier alpha value is -1.29. The van der Waals surface area contributed by atoms with Gasteiger partial charge in [-0.3, -0.25) is 4.68 Å². The molecule has 1 aromatic heterocycles. The molecule has 0 aromatic carbocycles. The van der Waals surface area contributed by atoms with Crippen LogP contribution in [0.15, 0.2) is 12.2 Å². The van der Waals surface area contributed by atoms with Crippen LogP contribution in [0.1, 0.15) is 18.3 Å². The number of esters is 1. The molecule has 0 bridgehead atoms. The molecule has 0 radical (unpaired) electrons. The third kappa shape index (κ3) is 2.64. The van der Waals surface area contributed by atoms with Crippen molar-refractivity contribution in [3.63, 3.8) is 0 Å². The molecule has 0 aliphatic heterocycles. The third-order valence-electron chi connectivity index (χ3n) is 2.20. The van der Waals surface area contributed by atoms with E-state index in [0.29, 0.717) is 23.7 Å². The minimum atomic E-state index is -0.397. The van der Waals surface area contributed by atoms with E-state index in [1.54, 1.807) is 11.6 Å². The zero-order valence-corrected chi connectivity index (χ0v) is 10.5. The molecule has 0 N–H and O–H groups in total. The Kier molecular flexibility index (Phi) is 4.12. The summed E-state index contributed by atoms with van der Waals surface area (Å²) in [5.74, 6) is -0.397. The summed E-state index contributed by atoms with van der Waals surface area (Å²) in [6.45, 7) is 9.74. The molecule has 0 aliphatic rings. The van der Waals surface area contributed by atoms with Crippen LogP contribution in [-0.4, -0.2) is 22.4 Å². The van der Waals surface area contributed by atoms with E-state index in [0.717, 1.165) is 11.4 Å². The molecule has 0 saturated heterocycles. The molecular weight excluding hydrogens is 228 g/mol. The number of carbonyl (C=O) groups excluding carboxylic acids is 1. The standard InChI is InChI=1S/C11H15ClN2O2/c1-5-16-11(15)7(2)6-14-9(4)10(12)8(3)13-14/h2,5-6H2,1,3-4H3. The maximum Gasteiger partial charge on any atom is 0.335 e. The molecule has 0 amide bonds. The van der Waals surface area contributed by atoms with Gasteiger partial charge in [0.2, 0.25) is 0 Å². The van der Waals surface area contributed by atoms with Gasteiger partial charge in [0, 0.05) is 0 Å². The van der Waals surface area contributed by atoms with Crippen LogP contribution in [0.3, 0.4) is 0 Å². The highest BCUT2D eigenvalue weighted by Gasteiger charge is 2.13. The number of rotatable bonds is 4. The molecule has 0 fully saturated rings. The van der Waals surface area contributed by atoms with Gasteiger partial charge in [-0.2, -0.15) is 5.10 Å². The lowest BCUT2D eigenvalue weighted by Crippen LogP contribution is -2.14. The summed E-state index contributed by atoms with van der Waals surface area (Å²) in [4.78, 5) is 11.4. The summed E-state index contributed by atoms with van der Waals surface area (Å²) in [7, 11) is 0. The molecule has 1 rings (SSSR count). The molecule has 0 aliphatic carbocycles. The second-order valence-electron chi connectivity index (χ2n) is 3.47. The van der Waals surface area contributed by atoms with E-state index >= 15 is 0 Å². The van der Waals surface area contributed by atoms with E-state index in [2.05, 4.69) is 11.7 Å². The first-order valence-electron chi connectivity index (χ1n) is 5.01. The Bertz CT molecular complexity index is 424. The summed E-state index contributed by atoms with van der Waals surface area (Å²) in [5.41, 5.74) is 1.93. The number of aryl methyl sites for hydroxylation is 1. The first-order chi connectivity index (χ1) is 7.47. The highest BCUT2D eigenvalue weighted by molar-refractivity contribution is 6.31. The molecule has 16 heavy (non-hydrogen) atoms. The predicted molar refractivity (Wildman–Crippen MR) is 62.5 cm³/mol. The second kappa shape index (κ2) is 5.16. The zero-order chi connectivity index (χ0) is 12.3.